The van der Waals surface area contributed by atoms with Crippen molar-refractivity contribution in [1.82, 2.24) is 4.90 Å². The Labute approximate surface area is 183 Å². The van der Waals surface area contributed by atoms with Crippen molar-refractivity contribution in [3.63, 3.8) is 0 Å². The van der Waals surface area contributed by atoms with Gasteiger partial charge in [0.2, 0.25) is 0 Å². The Kier molecular flexibility index (Phi) is 6.01. The van der Waals surface area contributed by atoms with Crippen LogP contribution in [0.4, 0.5) is 0 Å². The maximum atomic E-state index is 13.4. The summed E-state index contributed by atoms with van der Waals surface area (Å²) in [6.07, 6.45) is 2.40. The highest BCUT2D eigenvalue weighted by atomic mass is 16.5. The van der Waals surface area contributed by atoms with Crippen molar-refractivity contribution in [2.45, 2.75) is 44.3 Å². The van der Waals surface area contributed by atoms with Crippen molar-refractivity contribution in [2.75, 3.05) is 21.3 Å². The first-order chi connectivity index (χ1) is 15.0. The summed E-state index contributed by atoms with van der Waals surface area (Å²) in [6, 6.07) is 15.5. The number of methoxy groups -OCH3 is 3. The normalized spacial score (nSPS) is 25.3. The number of piperidine rings is 1. The van der Waals surface area contributed by atoms with E-state index >= 15 is 0 Å². The molecule has 2 aliphatic rings. The third-order valence-electron chi connectivity index (χ3n) is 6.82. The summed E-state index contributed by atoms with van der Waals surface area (Å²) in [7, 11) is 4.64. The number of carbonyl (C=O) groups excluding carboxylic acids is 2. The molecule has 0 aliphatic carbocycles. The number of nitrogens with zero attached hydrogens (tertiary/aromatic N) is 1. The lowest BCUT2D eigenvalue weighted by Crippen LogP contribution is -2.61. The maximum Gasteiger partial charge on any atom is 0.321 e. The van der Waals surface area contributed by atoms with Gasteiger partial charge in [0.15, 0.2) is 5.78 Å². The molecular formula is C25H29NO5. The lowest BCUT2D eigenvalue weighted by Gasteiger charge is -2.45. The third kappa shape index (κ3) is 3.81. The number of rotatable bonds is 7. The highest BCUT2D eigenvalue weighted by molar-refractivity contribution is 6.06. The fraction of sp³-hybridized carbons (Fsp3) is 0.440. The molecule has 2 fully saturated rings. The maximum absolute atomic E-state index is 13.4. The number of hydrogen-bond donors (Lipinski definition) is 0. The topological polar surface area (TPSA) is 65.1 Å². The van der Waals surface area contributed by atoms with Crippen molar-refractivity contribution in [3.8, 4) is 11.5 Å². The predicted molar refractivity (Wildman–Crippen MR) is 116 cm³/mol. The zero-order valence-corrected chi connectivity index (χ0v) is 18.3. The first kappa shape index (κ1) is 21.4. The second-order valence-corrected chi connectivity index (χ2v) is 8.39. The minimum atomic E-state index is -1.20. The van der Waals surface area contributed by atoms with Crippen molar-refractivity contribution in [1.29, 1.82) is 0 Å². The van der Waals surface area contributed by atoms with Crippen LogP contribution in [0.2, 0.25) is 0 Å². The van der Waals surface area contributed by atoms with Gasteiger partial charge in [-0.05, 0) is 54.7 Å². The molecule has 0 spiro atoms. The number of Topliss-reactive ketones (excluding diaryl/α,β-unsaturated/α-hetero) is 1. The second kappa shape index (κ2) is 8.71. The summed E-state index contributed by atoms with van der Waals surface area (Å²) in [4.78, 5) is 29.0. The Bertz CT molecular complexity index is 957. The van der Waals surface area contributed by atoms with Crippen molar-refractivity contribution in [2.24, 2.45) is 5.41 Å². The number of benzene rings is 2. The van der Waals surface area contributed by atoms with Gasteiger partial charge in [0.25, 0.3) is 0 Å². The number of carbonyl (C=O) groups is 2. The molecule has 0 unspecified atom stereocenters. The molecule has 164 valence electrons. The number of hydrogen-bond acceptors (Lipinski definition) is 6. The van der Waals surface area contributed by atoms with E-state index in [1.165, 1.54) is 7.11 Å². The van der Waals surface area contributed by atoms with Gasteiger partial charge in [-0.3, -0.25) is 14.5 Å². The van der Waals surface area contributed by atoms with E-state index in [9.17, 15) is 9.59 Å². The van der Waals surface area contributed by atoms with Crippen molar-refractivity contribution >= 4 is 11.8 Å². The molecule has 0 amide bonds. The van der Waals surface area contributed by atoms with Crippen LogP contribution in [0.15, 0.2) is 48.5 Å². The minimum Gasteiger partial charge on any atom is -0.497 e. The number of ketones is 1. The van der Waals surface area contributed by atoms with Crippen LogP contribution in [-0.2, 0) is 27.3 Å². The minimum absolute atomic E-state index is 0.00967. The van der Waals surface area contributed by atoms with Crippen LogP contribution >= 0.6 is 0 Å². The van der Waals surface area contributed by atoms with E-state index in [1.807, 2.05) is 42.5 Å². The molecule has 31 heavy (non-hydrogen) atoms. The molecule has 2 aromatic rings. The van der Waals surface area contributed by atoms with Gasteiger partial charge in [-0.25, -0.2) is 0 Å². The molecule has 2 heterocycles. The van der Waals surface area contributed by atoms with Crippen molar-refractivity contribution < 1.29 is 23.8 Å². The average molecular weight is 424 g/mol. The lowest BCUT2D eigenvalue weighted by molar-refractivity contribution is -0.167. The molecule has 0 aromatic heterocycles. The molecule has 0 radical (unpaired) electrons. The third-order valence-corrected chi connectivity index (χ3v) is 6.82. The molecule has 6 heteroatoms. The molecular weight excluding hydrogens is 394 g/mol. The van der Waals surface area contributed by atoms with Crippen LogP contribution in [-0.4, -0.2) is 50.1 Å². The first-order valence-electron chi connectivity index (χ1n) is 10.6. The van der Waals surface area contributed by atoms with E-state index in [-0.39, 0.29) is 17.9 Å². The molecule has 4 rings (SSSR count). The second-order valence-electron chi connectivity index (χ2n) is 8.39. The molecule has 0 N–H and O–H groups in total. The Balaban J connectivity index is 1.69. The van der Waals surface area contributed by atoms with Crippen LogP contribution < -0.4 is 9.47 Å². The Morgan fingerprint density at radius 3 is 2.42 bits per heavy atom. The van der Waals surface area contributed by atoms with E-state index in [2.05, 4.69) is 11.0 Å². The molecule has 6 nitrogen and oxygen atoms in total. The van der Waals surface area contributed by atoms with E-state index in [0.29, 0.717) is 19.4 Å². The zero-order valence-electron chi connectivity index (χ0n) is 18.3. The summed E-state index contributed by atoms with van der Waals surface area (Å²) in [5, 5.41) is 0. The Hall–Kier alpha value is -2.86. The quantitative estimate of drug-likeness (QED) is 0.502. The largest absolute Gasteiger partial charge is 0.497 e. The van der Waals surface area contributed by atoms with Gasteiger partial charge in [-0.1, -0.05) is 24.3 Å². The van der Waals surface area contributed by atoms with Gasteiger partial charge in [0, 0.05) is 25.0 Å². The summed E-state index contributed by atoms with van der Waals surface area (Å²) in [6.45, 7) is 0.668. The van der Waals surface area contributed by atoms with Gasteiger partial charge in [0.05, 0.1) is 21.3 Å². The summed E-state index contributed by atoms with van der Waals surface area (Å²) in [5.74, 6) is 1.10. The molecule has 0 saturated carbocycles. The number of ether oxygens (including phenoxy) is 3. The zero-order chi connectivity index (χ0) is 22.0. The molecule has 2 bridgehead atoms. The van der Waals surface area contributed by atoms with Crippen molar-refractivity contribution in [3.05, 3.63) is 59.7 Å². The smallest absolute Gasteiger partial charge is 0.321 e. The highest BCUT2D eigenvalue weighted by Gasteiger charge is 2.61. The summed E-state index contributed by atoms with van der Waals surface area (Å²) >= 11 is 0. The highest BCUT2D eigenvalue weighted by Crippen LogP contribution is 2.48. The van der Waals surface area contributed by atoms with Gasteiger partial charge in [0.1, 0.15) is 16.9 Å². The summed E-state index contributed by atoms with van der Waals surface area (Å²) in [5.41, 5.74) is 0.829. The SMILES string of the molecule is COC(=O)[C@@]1(Cc2ccc(OC)cc2)C(=O)C[C@H]2CC[C@H]1N2Cc1cccc(OC)c1. The monoisotopic (exact) mass is 423 g/mol. The predicted octanol–water partition coefficient (Wildman–Crippen LogP) is 3.41. The lowest BCUT2D eigenvalue weighted by atomic mass is 9.68. The van der Waals surface area contributed by atoms with Gasteiger partial charge in [-0.2, -0.15) is 0 Å². The van der Waals surface area contributed by atoms with E-state index in [1.54, 1.807) is 14.2 Å². The van der Waals surface area contributed by atoms with E-state index in [0.717, 1.165) is 35.5 Å². The van der Waals surface area contributed by atoms with Crippen LogP contribution in [0, 0.1) is 5.41 Å². The van der Waals surface area contributed by atoms with Gasteiger partial charge in [-0.15, -0.1) is 0 Å². The molecule has 2 saturated heterocycles. The summed E-state index contributed by atoms with van der Waals surface area (Å²) < 4.78 is 15.9. The van der Waals surface area contributed by atoms with Crippen LogP contribution in [0.5, 0.6) is 11.5 Å². The average Bonchev–Trinajstić information content (AvgIpc) is 3.12. The van der Waals surface area contributed by atoms with Crippen LogP contribution in [0.25, 0.3) is 0 Å². The molecule has 2 aromatic carbocycles. The first-order valence-corrected chi connectivity index (χ1v) is 10.6. The number of fused-ring (bicyclic) bond motifs is 2. The molecule has 2 aliphatic heterocycles. The number of esters is 1. The van der Waals surface area contributed by atoms with E-state index < -0.39 is 11.4 Å². The molecule has 3 atom stereocenters. The van der Waals surface area contributed by atoms with Crippen LogP contribution in [0.3, 0.4) is 0 Å². The van der Waals surface area contributed by atoms with E-state index in [4.69, 9.17) is 14.2 Å². The van der Waals surface area contributed by atoms with Gasteiger partial charge >= 0.3 is 5.97 Å². The standard InChI is InChI=1S/C25H29NO5/c1-29-20-10-7-17(8-11-20)15-25(24(28)31-3)22-12-9-19(14-23(25)27)26(22)16-18-5-4-6-21(13-18)30-2/h4-8,10-11,13,19,22H,9,12,14-16H2,1-3H3/t19-,22-,25-/m1/s1. The fourth-order valence-corrected chi connectivity index (χ4v) is 5.27. The van der Waals surface area contributed by atoms with Gasteiger partial charge < -0.3 is 14.2 Å². The van der Waals surface area contributed by atoms with Crippen LogP contribution in [0.1, 0.15) is 30.4 Å². The Morgan fingerprint density at radius 2 is 1.74 bits per heavy atom. The fourth-order valence-electron chi connectivity index (χ4n) is 5.27. The Morgan fingerprint density at radius 1 is 1.00 bits per heavy atom.